The van der Waals surface area contributed by atoms with Crippen LogP contribution in [0, 0.1) is 12.7 Å². The van der Waals surface area contributed by atoms with Crippen LogP contribution in [0.25, 0.3) is 11.4 Å². The van der Waals surface area contributed by atoms with Gasteiger partial charge < -0.3 is 4.74 Å². The molecule has 28 heavy (non-hydrogen) atoms. The maximum Gasteiger partial charge on any atom is 0.368 e. The van der Waals surface area contributed by atoms with Crippen molar-refractivity contribution in [3.8, 4) is 17.3 Å². The third-order valence-electron chi connectivity index (χ3n) is 4.36. The lowest BCUT2D eigenvalue weighted by molar-refractivity contribution is 0.290. The Morgan fingerprint density at radius 3 is 2.57 bits per heavy atom. The molecule has 0 saturated heterocycles. The summed E-state index contributed by atoms with van der Waals surface area (Å²) in [6.07, 6.45) is 1.73. The zero-order chi connectivity index (χ0) is 19.7. The van der Waals surface area contributed by atoms with Gasteiger partial charge in [-0.25, -0.2) is 13.9 Å². The standard InChI is InChI=1S/C19H17FN6O2/c1-13-4-3-5-17(26-19(27)24(2)22-23-26)16(13)12-28-18-10-11-25(21-18)15-8-6-14(20)7-9-15/h3-11H,12H2,1-2H3. The van der Waals surface area contributed by atoms with Crippen LogP contribution in [0.1, 0.15) is 11.1 Å². The minimum Gasteiger partial charge on any atom is -0.472 e. The molecule has 0 saturated carbocycles. The van der Waals surface area contributed by atoms with E-state index >= 15 is 0 Å². The molecular formula is C19H17FN6O2. The van der Waals surface area contributed by atoms with E-state index in [1.54, 1.807) is 42.2 Å². The number of benzene rings is 2. The summed E-state index contributed by atoms with van der Waals surface area (Å²) in [7, 11) is 1.54. The molecule has 0 atom stereocenters. The van der Waals surface area contributed by atoms with E-state index in [-0.39, 0.29) is 18.1 Å². The van der Waals surface area contributed by atoms with Gasteiger partial charge in [0, 0.05) is 24.9 Å². The number of aromatic nitrogens is 6. The van der Waals surface area contributed by atoms with Crippen LogP contribution in [0.4, 0.5) is 4.39 Å². The number of tetrazole rings is 1. The van der Waals surface area contributed by atoms with E-state index in [2.05, 4.69) is 15.5 Å². The fourth-order valence-electron chi connectivity index (χ4n) is 2.81. The largest absolute Gasteiger partial charge is 0.472 e. The van der Waals surface area contributed by atoms with Crippen LogP contribution in [0.2, 0.25) is 0 Å². The van der Waals surface area contributed by atoms with Gasteiger partial charge in [0.2, 0.25) is 5.88 Å². The van der Waals surface area contributed by atoms with Crippen LogP contribution >= 0.6 is 0 Å². The van der Waals surface area contributed by atoms with Gasteiger partial charge in [-0.1, -0.05) is 12.1 Å². The summed E-state index contributed by atoms with van der Waals surface area (Å²) < 4.78 is 22.9. The van der Waals surface area contributed by atoms with Crippen LogP contribution in [-0.2, 0) is 13.7 Å². The van der Waals surface area contributed by atoms with E-state index in [1.807, 2.05) is 19.1 Å². The Bertz CT molecular complexity index is 1180. The molecule has 0 fully saturated rings. The zero-order valence-corrected chi connectivity index (χ0v) is 15.3. The topological polar surface area (TPSA) is 79.8 Å². The van der Waals surface area contributed by atoms with Crippen molar-refractivity contribution >= 4 is 0 Å². The van der Waals surface area contributed by atoms with Crippen molar-refractivity contribution in [3.05, 3.63) is 82.2 Å². The molecule has 0 unspecified atom stereocenters. The quantitative estimate of drug-likeness (QED) is 0.530. The van der Waals surface area contributed by atoms with Crippen LogP contribution in [0.3, 0.4) is 0 Å². The lowest BCUT2D eigenvalue weighted by Gasteiger charge is -2.11. The second-order valence-electron chi connectivity index (χ2n) is 6.23. The molecule has 2 aromatic carbocycles. The number of halogens is 1. The Kier molecular flexibility index (Phi) is 4.48. The van der Waals surface area contributed by atoms with Crippen LogP contribution in [0.15, 0.2) is 59.5 Å². The molecule has 4 rings (SSSR count). The van der Waals surface area contributed by atoms with Gasteiger partial charge in [0.25, 0.3) is 0 Å². The highest BCUT2D eigenvalue weighted by Gasteiger charge is 2.14. The van der Waals surface area contributed by atoms with Crippen molar-refractivity contribution in [1.82, 2.24) is 29.6 Å². The Morgan fingerprint density at radius 2 is 1.86 bits per heavy atom. The zero-order valence-electron chi connectivity index (χ0n) is 15.3. The fraction of sp³-hybridized carbons (Fsp3) is 0.158. The van der Waals surface area contributed by atoms with Crippen molar-refractivity contribution in [2.75, 3.05) is 0 Å². The van der Waals surface area contributed by atoms with Crippen molar-refractivity contribution in [2.24, 2.45) is 7.05 Å². The third kappa shape index (κ3) is 3.29. The first kappa shape index (κ1) is 17.7. The number of hydrogen-bond acceptors (Lipinski definition) is 5. The van der Waals surface area contributed by atoms with E-state index < -0.39 is 0 Å². The van der Waals surface area contributed by atoms with Crippen LogP contribution in [-0.4, -0.2) is 29.6 Å². The summed E-state index contributed by atoms with van der Waals surface area (Å²) in [5.74, 6) is 0.101. The maximum absolute atomic E-state index is 13.1. The normalized spacial score (nSPS) is 11.0. The minimum atomic E-state index is -0.340. The van der Waals surface area contributed by atoms with Gasteiger partial charge in [0.15, 0.2) is 0 Å². The van der Waals surface area contributed by atoms with Gasteiger partial charge >= 0.3 is 5.69 Å². The smallest absolute Gasteiger partial charge is 0.368 e. The highest BCUT2D eigenvalue weighted by atomic mass is 19.1. The van der Waals surface area contributed by atoms with Gasteiger partial charge in [0.05, 0.1) is 11.4 Å². The van der Waals surface area contributed by atoms with Crippen molar-refractivity contribution in [1.29, 1.82) is 0 Å². The lowest BCUT2D eigenvalue weighted by Crippen LogP contribution is -2.23. The first-order valence-corrected chi connectivity index (χ1v) is 8.55. The summed E-state index contributed by atoms with van der Waals surface area (Å²) in [5, 5.41) is 12.0. The maximum atomic E-state index is 13.1. The molecule has 4 aromatic rings. The van der Waals surface area contributed by atoms with Crippen LogP contribution < -0.4 is 10.4 Å². The van der Waals surface area contributed by atoms with Gasteiger partial charge in [-0.3, -0.25) is 0 Å². The Hall–Kier alpha value is -3.75. The molecule has 0 N–H and O–H groups in total. The number of nitrogens with zero attached hydrogens (tertiary/aromatic N) is 6. The predicted molar refractivity (Wildman–Crippen MR) is 99.2 cm³/mol. The van der Waals surface area contributed by atoms with Crippen molar-refractivity contribution < 1.29 is 9.13 Å². The summed E-state index contributed by atoms with van der Waals surface area (Å²) in [6, 6.07) is 13.3. The van der Waals surface area contributed by atoms with E-state index in [9.17, 15) is 9.18 Å². The number of hydrogen-bond donors (Lipinski definition) is 0. The van der Waals surface area contributed by atoms with E-state index in [4.69, 9.17) is 4.74 Å². The summed E-state index contributed by atoms with van der Waals surface area (Å²) in [4.78, 5) is 12.2. The predicted octanol–water partition coefficient (Wildman–Crippen LogP) is 2.18. The SMILES string of the molecule is Cc1cccc(-n2nnn(C)c2=O)c1COc1ccn(-c2ccc(F)cc2)n1. The average Bonchev–Trinajstić information content (AvgIpc) is 3.29. The Morgan fingerprint density at radius 1 is 1.07 bits per heavy atom. The van der Waals surface area contributed by atoms with E-state index in [1.165, 1.54) is 16.8 Å². The first-order chi connectivity index (χ1) is 13.5. The van der Waals surface area contributed by atoms with E-state index in [0.29, 0.717) is 11.6 Å². The molecule has 0 aliphatic carbocycles. The number of aryl methyl sites for hydroxylation is 2. The molecule has 0 bridgehead atoms. The molecule has 0 amide bonds. The number of ether oxygens (including phenoxy) is 1. The lowest BCUT2D eigenvalue weighted by atomic mass is 10.1. The number of rotatable bonds is 5. The summed E-state index contributed by atoms with van der Waals surface area (Å²) in [6.45, 7) is 2.13. The molecule has 0 radical (unpaired) electrons. The molecule has 142 valence electrons. The second kappa shape index (κ2) is 7.10. The molecule has 2 heterocycles. The van der Waals surface area contributed by atoms with Gasteiger partial charge in [-0.15, -0.1) is 5.10 Å². The molecule has 0 spiro atoms. The minimum absolute atomic E-state index is 0.200. The average molecular weight is 380 g/mol. The second-order valence-corrected chi connectivity index (χ2v) is 6.23. The van der Waals surface area contributed by atoms with Gasteiger partial charge in [-0.05, 0) is 53.2 Å². The first-order valence-electron chi connectivity index (χ1n) is 8.55. The molecule has 9 heteroatoms. The van der Waals surface area contributed by atoms with E-state index in [0.717, 1.165) is 21.5 Å². The molecular weight excluding hydrogens is 363 g/mol. The Balaban J connectivity index is 1.58. The highest BCUT2D eigenvalue weighted by Crippen LogP contribution is 2.20. The van der Waals surface area contributed by atoms with Gasteiger partial charge in [0.1, 0.15) is 12.4 Å². The molecule has 2 aromatic heterocycles. The molecule has 0 aliphatic rings. The summed E-state index contributed by atoms with van der Waals surface area (Å²) >= 11 is 0. The monoisotopic (exact) mass is 380 g/mol. The fourth-order valence-corrected chi connectivity index (χ4v) is 2.81. The van der Waals surface area contributed by atoms with Crippen molar-refractivity contribution in [2.45, 2.75) is 13.5 Å². The third-order valence-corrected chi connectivity index (χ3v) is 4.36. The Labute approximate surface area is 159 Å². The summed E-state index contributed by atoms with van der Waals surface area (Å²) in [5.41, 5.74) is 2.75. The molecule has 8 nitrogen and oxygen atoms in total. The van der Waals surface area contributed by atoms with Crippen LogP contribution in [0.5, 0.6) is 5.88 Å². The van der Waals surface area contributed by atoms with Crippen molar-refractivity contribution in [3.63, 3.8) is 0 Å². The molecule has 0 aliphatic heterocycles. The van der Waals surface area contributed by atoms with Gasteiger partial charge in [-0.2, -0.15) is 9.36 Å². The highest BCUT2D eigenvalue weighted by molar-refractivity contribution is 5.44.